The van der Waals surface area contributed by atoms with Crippen LogP contribution in [0.15, 0.2) is 0 Å². The summed E-state index contributed by atoms with van der Waals surface area (Å²) in [6.07, 6.45) is 7.89. The van der Waals surface area contributed by atoms with Crippen molar-refractivity contribution in [1.29, 1.82) is 0 Å². The normalized spacial score (nSPS) is 20.8. The van der Waals surface area contributed by atoms with Gasteiger partial charge in [0, 0.05) is 24.4 Å². The zero-order chi connectivity index (χ0) is 15.2. The summed E-state index contributed by atoms with van der Waals surface area (Å²) in [7, 11) is 0. The number of carbonyl (C=O) groups is 1. The Morgan fingerprint density at radius 1 is 1.36 bits per heavy atom. The number of ether oxygens (including phenoxy) is 2. The van der Waals surface area contributed by atoms with Crippen LogP contribution in [0.4, 0.5) is 0 Å². The molecule has 2 aliphatic rings. The summed E-state index contributed by atoms with van der Waals surface area (Å²) < 4.78 is 11.0. The third-order valence-corrected chi connectivity index (χ3v) is 5.33. The fourth-order valence-corrected chi connectivity index (χ4v) is 4.09. The van der Waals surface area contributed by atoms with Crippen LogP contribution >= 0.6 is 11.3 Å². The lowest BCUT2D eigenvalue weighted by Gasteiger charge is -2.22. The largest absolute Gasteiger partial charge is 0.376 e. The minimum absolute atomic E-state index is 0.0556. The van der Waals surface area contributed by atoms with Crippen LogP contribution in [0.25, 0.3) is 0 Å². The number of rotatable bonds is 7. The van der Waals surface area contributed by atoms with Gasteiger partial charge in [0.1, 0.15) is 6.61 Å². The van der Waals surface area contributed by atoms with Crippen LogP contribution in [0.1, 0.15) is 41.3 Å². The molecule has 0 bridgehead atoms. The second-order valence-electron chi connectivity index (χ2n) is 5.93. The van der Waals surface area contributed by atoms with Crippen LogP contribution in [0.2, 0.25) is 0 Å². The Bertz CT molecular complexity index is 476. The fourth-order valence-electron chi connectivity index (χ4n) is 2.93. The van der Waals surface area contributed by atoms with Crippen molar-refractivity contribution >= 4 is 17.2 Å². The van der Waals surface area contributed by atoms with E-state index in [0.717, 1.165) is 37.3 Å². The van der Waals surface area contributed by atoms with Crippen molar-refractivity contribution in [3.8, 4) is 0 Å². The molecule has 1 atom stereocenters. The highest BCUT2D eigenvalue weighted by molar-refractivity contribution is 7.11. The molecule has 6 heteroatoms. The molecule has 1 aromatic heterocycles. The number of amides is 1. The van der Waals surface area contributed by atoms with Gasteiger partial charge in [-0.25, -0.2) is 4.98 Å². The van der Waals surface area contributed by atoms with Gasteiger partial charge in [-0.05, 0) is 38.5 Å². The SMILES string of the molecule is O=C(COC[C@H]1CCCCO1)NCCc1nc2c(s1)CCC2. The average molecular weight is 324 g/mol. The van der Waals surface area contributed by atoms with Gasteiger partial charge in [-0.3, -0.25) is 4.79 Å². The molecule has 1 aromatic rings. The van der Waals surface area contributed by atoms with E-state index in [2.05, 4.69) is 10.3 Å². The maximum Gasteiger partial charge on any atom is 0.246 e. The van der Waals surface area contributed by atoms with Crippen molar-refractivity contribution in [1.82, 2.24) is 10.3 Å². The molecule has 0 unspecified atom stereocenters. The molecule has 1 N–H and O–H groups in total. The first-order valence-corrected chi connectivity index (χ1v) is 9.06. The van der Waals surface area contributed by atoms with Gasteiger partial charge in [0.15, 0.2) is 0 Å². The molecule has 22 heavy (non-hydrogen) atoms. The molecule has 5 nitrogen and oxygen atoms in total. The lowest BCUT2D eigenvalue weighted by molar-refractivity contribution is -0.127. The highest BCUT2D eigenvalue weighted by atomic mass is 32.1. The Balaban J connectivity index is 1.27. The van der Waals surface area contributed by atoms with Crippen molar-refractivity contribution in [3.05, 3.63) is 15.6 Å². The number of nitrogens with zero attached hydrogens (tertiary/aromatic N) is 1. The maximum absolute atomic E-state index is 11.7. The van der Waals surface area contributed by atoms with Crippen molar-refractivity contribution in [3.63, 3.8) is 0 Å². The molecule has 1 amide bonds. The predicted molar refractivity (Wildman–Crippen MR) is 85.3 cm³/mol. The number of fused-ring (bicyclic) bond motifs is 1. The van der Waals surface area contributed by atoms with Crippen LogP contribution in [0.3, 0.4) is 0 Å². The van der Waals surface area contributed by atoms with E-state index in [0.29, 0.717) is 13.2 Å². The topological polar surface area (TPSA) is 60.5 Å². The summed E-state index contributed by atoms with van der Waals surface area (Å²) >= 11 is 1.80. The first-order valence-electron chi connectivity index (χ1n) is 8.25. The van der Waals surface area contributed by atoms with Gasteiger partial charge in [-0.2, -0.15) is 0 Å². The average Bonchev–Trinajstić information content (AvgIpc) is 3.09. The quantitative estimate of drug-likeness (QED) is 0.832. The summed E-state index contributed by atoms with van der Waals surface area (Å²) in [5.41, 5.74) is 1.28. The molecule has 1 saturated heterocycles. The van der Waals surface area contributed by atoms with Crippen molar-refractivity contribution in [2.45, 2.75) is 51.0 Å². The van der Waals surface area contributed by atoms with Gasteiger partial charge >= 0.3 is 0 Å². The maximum atomic E-state index is 11.7. The van der Waals surface area contributed by atoms with Gasteiger partial charge < -0.3 is 14.8 Å². The van der Waals surface area contributed by atoms with E-state index in [9.17, 15) is 4.79 Å². The molecule has 1 aliphatic heterocycles. The minimum atomic E-state index is -0.0556. The predicted octanol–water partition coefficient (Wildman–Crippen LogP) is 1.88. The Morgan fingerprint density at radius 2 is 2.32 bits per heavy atom. The molecule has 0 aromatic carbocycles. The minimum Gasteiger partial charge on any atom is -0.376 e. The monoisotopic (exact) mass is 324 g/mol. The summed E-state index contributed by atoms with van der Waals surface area (Å²) in [6.45, 7) is 2.09. The zero-order valence-corrected chi connectivity index (χ0v) is 13.8. The third-order valence-electron chi connectivity index (χ3n) is 4.11. The number of thiazole rings is 1. The van der Waals surface area contributed by atoms with Crippen LogP contribution < -0.4 is 5.32 Å². The first-order chi connectivity index (χ1) is 10.8. The molecule has 0 saturated carbocycles. The molecular formula is C16H24N2O3S. The fraction of sp³-hybridized carbons (Fsp3) is 0.750. The van der Waals surface area contributed by atoms with E-state index in [1.54, 1.807) is 11.3 Å². The van der Waals surface area contributed by atoms with Crippen LogP contribution in [0, 0.1) is 0 Å². The lowest BCUT2D eigenvalue weighted by Crippen LogP contribution is -2.32. The number of aryl methyl sites for hydroxylation is 2. The van der Waals surface area contributed by atoms with E-state index >= 15 is 0 Å². The second-order valence-corrected chi connectivity index (χ2v) is 7.10. The van der Waals surface area contributed by atoms with E-state index in [1.807, 2.05) is 0 Å². The Kier molecular flexibility index (Phi) is 5.81. The van der Waals surface area contributed by atoms with Gasteiger partial charge in [-0.1, -0.05) is 0 Å². The number of hydrogen-bond acceptors (Lipinski definition) is 5. The van der Waals surface area contributed by atoms with E-state index in [-0.39, 0.29) is 18.6 Å². The van der Waals surface area contributed by atoms with E-state index in [1.165, 1.54) is 29.8 Å². The Morgan fingerprint density at radius 3 is 3.14 bits per heavy atom. The Labute approximate surface area is 135 Å². The van der Waals surface area contributed by atoms with Crippen molar-refractivity contribution in [2.75, 3.05) is 26.4 Å². The number of carbonyl (C=O) groups excluding carboxylic acids is 1. The van der Waals surface area contributed by atoms with Gasteiger partial charge in [-0.15, -0.1) is 11.3 Å². The summed E-state index contributed by atoms with van der Waals surface area (Å²) in [6, 6.07) is 0. The third kappa shape index (κ3) is 4.51. The summed E-state index contributed by atoms with van der Waals surface area (Å²) in [5.74, 6) is -0.0556. The highest BCUT2D eigenvalue weighted by Gasteiger charge is 2.17. The van der Waals surface area contributed by atoms with Gasteiger partial charge in [0.05, 0.1) is 23.4 Å². The van der Waals surface area contributed by atoms with Crippen molar-refractivity contribution in [2.24, 2.45) is 0 Å². The molecule has 2 heterocycles. The molecule has 0 radical (unpaired) electrons. The summed E-state index contributed by atoms with van der Waals surface area (Å²) in [5, 5.41) is 4.04. The van der Waals surface area contributed by atoms with Crippen LogP contribution in [-0.2, 0) is 33.5 Å². The van der Waals surface area contributed by atoms with E-state index in [4.69, 9.17) is 9.47 Å². The number of hydrogen-bond donors (Lipinski definition) is 1. The first kappa shape index (κ1) is 15.9. The number of nitrogens with one attached hydrogen (secondary N) is 1. The van der Waals surface area contributed by atoms with E-state index < -0.39 is 0 Å². The molecule has 0 spiro atoms. The second kappa shape index (κ2) is 8.04. The van der Waals surface area contributed by atoms with Crippen molar-refractivity contribution < 1.29 is 14.3 Å². The van der Waals surface area contributed by atoms with Gasteiger partial charge in [0.25, 0.3) is 0 Å². The molecule has 122 valence electrons. The number of aromatic nitrogens is 1. The molecule has 1 fully saturated rings. The lowest BCUT2D eigenvalue weighted by atomic mass is 10.1. The standard InChI is InChI=1S/C16H24N2O3S/c19-15(11-20-10-12-4-1-2-9-21-12)17-8-7-16-18-13-5-3-6-14(13)22-16/h12H,1-11H2,(H,17,19)/t12-/m1/s1. The van der Waals surface area contributed by atoms with Gasteiger partial charge in [0.2, 0.25) is 5.91 Å². The molecular weight excluding hydrogens is 300 g/mol. The van der Waals surface area contributed by atoms with Crippen LogP contribution in [-0.4, -0.2) is 43.4 Å². The zero-order valence-electron chi connectivity index (χ0n) is 12.9. The molecule has 1 aliphatic carbocycles. The summed E-state index contributed by atoms with van der Waals surface area (Å²) in [4.78, 5) is 17.8. The van der Waals surface area contributed by atoms with Crippen LogP contribution in [0.5, 0.6) is 0 Å². The molecule has 3 rings (SSSR count). The Hall–Kier alpha value is -0.980. The smallest absolute Gasteiger partial charge is 0.246 e. The highest BCUT2D eigenvalue weighted by Crippen LogP contribution is 2.27.